The molecule has 3 heterocycles. The van der Waals surface area contributed by atoms with Crippen molar-refractivity contribution in [2.75, 3.05) is 40.4 Å². The molecular weight excluding hydrogens is 344 g/mol. The van der Waals surface area contributed by atoms with Gasteiger partial charge in [0.15, 0.2) is 0 Å². The summed E-state index contributed by atoms with van der Waals surface area (Å²) in [5, 5.41) is 0. The number of carbonyl (C=O) groups excluding carboxylic acids is 1. The fraction of sp³-hybridized carbons (Fsp3) is 0.750. The van der Waals surface area contributed by atoms with E-state index in [0.717, 1.165) is 50.3 Å². The largest absolute Gasteiger partial charge is 0.481 e. The SMILES string of the molecule is COc1nc(C)c(CC(=O)N2CCCC[C@@H]2CN2CCCCC2)c(OC)n1. The molecule has 0 radical (unpaired) electrons. The van der Waals surface area contributed by atoms with E-state index in [1.165, 1.54) is 32.8 Å². The van der Waals surface area contributed by atoms with Gasteiger partial charge in [-0.3, -0.25) is 4.79 Å². The van der Waals surface area contributed by atoms with E-state index in [-0.39, 0.29) is 18.3 Å². The Bertz CT molecular complexity index is 646. The third-order valence-corrected chi connectivity index (χ3v) is 5.72. The number of aryl methyl sites for hydroxylation is 1. The monoisotopic (exact) mass is 376 g/mol. The fourth-order valence-corrected chi connectivity index (χ4v) is 4.22. The lowest BCUT2D eigenvalue weighted by Crippen LogP contribution is -2.50. The summed E-state index contributed by atoms with van der Waals surface area (Å²) in [5.74, 6) is 0.573. The molecule has 0 aliphatic carbocycles. The molecule has 0 unspecified atom stereocenters. The molecule has 0 spiro atoms. The van der Waals surface area contributed by atoms with E-state index in [4.69, 9.17) is 9.47 Å². The van der Waals surface area contributed by atoms with Crippen LogP contribution in [0.25, 0.3) is 0 Å². The molecule has 0 N–H and O–H groups in total. The first-order valence-electron chi connectivity index (χ1n) is 10.1. The maximum Gasteiger partial charge on any atom is 0.319 e. The third-order valence-electron chi connectivity index (χ3n) is 5.72. The van der Waals surface area contributed by atoms with Crippen molar-refractivity contribution >= 4 is 5.91 Å². The quantitative estimate of drug-likeness (QED) is 0.758. The zero-order valence-corrected chi connectivity index (χ0v) is 16.9. The number of likely N-dealkylation sites (tertiary alicyclic amines) is 2. The second-order valence-electron chi connectivity index (χ2n) is 7.56. The van der Waals surface area contributed by atoms with Crippen LogP contribution in [0.3, 0.4) is 0 Å². The van der Waals surface area contributed by atoms with Crippen molar-refractivity contribution in [3.63, 3.8) is 0 Å². The molecule has 7 nitrogen and oxygen atoms in total. The molecular formula is C20H32N4O3. The minimum atomic E-state index is 0.145. The Kier molecular flexibility index (Phi) is 6.88. The maximum absolute atomic E-state index is 13.2. The highest BCUT2D eigenvalue weighted by Gasteiger charge is 2.30. The van der Waals surface area contributed by atoms with Crippen LogP contribution in [0.2, 0.25) is 0 Å². The van der Waals surface area contributed by atoms with Crippen LogP contribution in [0.15, 0.2) is 0 Å². The number of carbonyl (C=O) groups is 1. The lowest BCUT2D eigenvalue weighted by molar-refractivity contribution is -0.134. The normalized spacial score (nSPS) is 21.1. The van der Waals surface area contributed by atoms with Crippen LogP contribution in [0.4, 0.5) is 0 Å². The predicted octanol–water partition coefficient (Wildman–Crippen LogP) is 2.21. The van der Waals surface area contributed by atoms with E-state index in [9.17, 15) is 4.79 Å². The Labute approximate surface area is 162 Å². The van der Waals surface area contributed by atoms with E-state index in [1.807, 2.05) is 6.92 Å². The standard InChI is InChI=1S/C20H32N4O3/c1-15-17(19(26-2)22-20(21-15)27-3)13-18(25)24-12-8-5-9-16(24)14-23-10-6-4-7-11-23/h16H,4-14H2,1-3H3/t16-/m1/s1. The molecule has 2 fully saturated rings. The molecule has 0 bridgehead atoms. The second kappa shape index (κ2) is 9.35. The van der Waals surface area contributed by atoms with Gasteiger partial charge in [0.1, 0.15) is 0 Å². The van der Waals surface area contributed by atoms with Gasteiger partial charge in [0.25, 0.3) is 0 Å². The highest BCUT2D eigenvalue weighted by Crippen LogP contribution is 2.25. The van der Waals surface area contributed by atoms with E-state index >= 15 is 0 Å². The van der Waals surface area contributed by atoms with Crippen LogP contribution in [-0.4, -0.2) is 72.1 Å². The molecule has 1 atom stereocenters. The zero-order chi connectivity index (χ0) is 19.2. The number of ether oxygens (including phenoxy) is 2. The van der Waals surface area contributed by atoms with Gasteiger partial charge in [-0.1, -0.05) is 6.42 Å². The van der Waals surface area contributed by atoms with Crippen LogP contribution in [-0.2, 0) is 11.2 Å². The molecule has 3 rings (SSSR count). The summed E-state index contributed by atoms with van der Waals surface area (Å²) in [6, 6.07) is 0.580. The van der Waals surface area contributed by atoms with E-state index < -0.39 is 0 Å². The van der Waals surface area contributed by atoms with E-state index in [2.05, 4.69) is 19.8 Å². The van der Waals surface area contributed by atoms with Crippen molar-refractivity contribution in [3.05, 3.63) is 11.3 Å². The first kappa shape index (κ1) is 19.9. The molecule has 150 valence electrons. The van der Waals surface area contributed by atoms with Crippen molar-refractivity contribution in [1.82, 2.24) is 19.8 Å². The average molecular weight is 377 g/mol. The number of hydrogen-bond acceptors (Lipinski definition) is 6. The summed E-state index contributed by atoms with van der Waals surface area (Å²) >= 11 is 0. The minimum absolute atomic E-state index is 0.145. The highest BCUT2D eigenvalue weighted by atomic mass is 16.5. The zero-order valence-electron chi connectivity index (χ0n) is 16.9. The maximum atomic E-state index is 13.2. The molecule has 7 heteroatoms. The van der Waals surface area contributed by atoms with Gasteiger partial charge in [-0.15, -0.1) is 0 Å². The molecule has 1 aromatic heterocycles. The molecule has 2 aliphatic heterocycles. The number of rotatable bonds is 6. The third kappa shape index (κ3) is 4.89. The highest BCUT2D eigenvalue weighted by molar-refractivity contribution is 5.80. The predicted molar refractivity (Wildman–Crippen MR) is 103 cm³/mol. The van der Waals surface area contributed by atoms with Crippen molar-refractivity contribution in [3.8, 4) is 11.9 Å². The second-order valence-corrected chi connectivity index (χ2v) is 7.56. The molecule has 1 aromatic rings. The van der Waals surface area contributed by atoms with Crippen LogP contribution in [0.1, 0.15) is 49.8 Å². The summed E-state index contributed by atoms with van der Waals surface area (Å²) in [4.78, 5) is 26.3. The van der Waals surface area contributed by atoms with Crippen LogP contribution in [0.5, 0.6) is 11.9 Å². The van der Waals surface area contributed by atoms with E-state index in [1.54, 1.807) is 7.11 Å². The molecule has 27 heavy (non-hydrogen) atoms. The number of hydrogen-bond donors (Lipinski definition) is 0. The Hall–Kier alpha value is -1.89. The topological polar surface area (TPSA) is 67.8 Å². The number of methoxy groups -OCH3 is 2. The lowest BCUT2D eigenvalue weighted by Gasteiger charge is -2.40. The van der Waals surface area contributed by atoms with E-state index in [0.29, 0.717) is 11.9 Å². The van der Waals surface area contributed by atoms with Gasteiger partial charge in [-0.05, 0) is 52.1 Å². The Morgan fingerprint density at radius 1 is 1.04 bits per heavy atom. The van der Waals surface area contributed by atoms with Crippen molar-refractivity contribution < 1.29 is 14.3 Å². The summed E-state index contributed by atoms with van der Waals surface area (Å²) in [6.07, 6.45) is 7.54. The number of amides is 1. The number of nitrogens with zero attached hydrogens (tertiary/aromatic N) is 4. The van der Waals surface area contributed by atoms with Crippen LogP contribution < -0.4 is 9.47 Å². The van der Waals surface area contributed by atoms with Gasteiger partial charge < -0.3 is 19.3 Å². The summed E-state index contributed by atoms with van der Waals surface area (Å²) < 4.78 is 10.5. The van der Waals surface area contributed by atoms with Gasteiger partial charge in [0.05, 0.1) is 26.3 Å². The number of piperidine rings is 2. The van der Waals surface area contributed by atoms with Gasteiger partial charge in [0.2, 0.25) is 11.8 Å². The summed E-state index contributed by atoms with van der Waals surface area (Å²) in [7, 11) is 3.09. The summed E-state index contributed by atoms with van der Waals surface area (Å²) in [5.41, 5.74) is 1.49. The molecule has 2 saturated heterocycles. The van der Waals surface area contributed by atoms with Crippen LogP contribution >= 0.6 is 0 Å². The Balaban J connectivity index is 1.71. The molecule has 1 amide bonds. The molecule has 0 saturated carbocycles. The fourth-order valence-electron chi connectivity index (χ4n) is 4.22. The average Bonchev–Trinajstić information content (AvgIpc) is 2.70. The van der Waals surface area contributed by atoms with Gasteiger partial charge >= 0.3 is 6.01 Å². The van der Waals surface area contributed by atoms with Gasteiger partial charge in [0, 0.05) is 24.7 Å². The lowest BCUT2D eigenvalue weighted by atomic mass is 9.99. The Morgan fingerprint density at radius 3 is 2.48 bits per heavy atom. The van der Waals surface area contributed by atoms with Crippen molar-refractivity contribution in [2.45, 2.75) is 57.9 Å². The summed E-state index contributed by atoms with van der Waals surface area (Å²) in [6.45, 7) is 6.04. The number of aromatic nitrogens is 2. The van der Waals surface area contributed by atoms with Crippen molar-refractivity contribution in [1.29, 1.82) is 0 Å². The van der Waals surface area contributed by atoms with Gasteiger partial charge in [-0.2, -0.15) is 4.98 Å². The smallest absolute Gasteiger partial charge is 0.319 e. The molecule has 2 aliphatic rings. The first-order chi connectivity index (χ1) is 13.1. The van der Waals surface area contributed by atoms with Crippen molar-refractivity contribution in [2.24, 2.45) is 0 Å². The molecule has 0 aromatic carbocycles. The first-order valence-corrected chi connectivity index (χ1v) is 10.1. The minimum Gasteiger partial charge on any atom is -0.481 e. The van der Waals surface area contributed by atoms with Crippen LogP contribution in [0, 0.1) is 6.92 Å². The Morgan fingerprint density at radius 2 is 1.78 bits per heavy atom. The van der Waals surface area contributed by atoms with Gasteiger partial charge in [-0.25, -0.2) is 4.98 Å².